The zero-order valence-electron chi connectivity index (χ0n) is 20.3. The quantitative estimate of drug-likeness (QED) is 0.339. The Morgan fingerprint density at radius 1 is 1.00 bits per heavy atom. The Kier molecular flexibility index (Phi) is 6.45. The number of nitrogens with zero attached hydrogens (tertiary/aromatic N) is 3. The lowest BCUT2D eigenvalue weighted by Crippen LogP contribution is -2.27. The summed E-state index contributed by atoms with van der Waals surface area (Å²) >= 11 is 0. The minimum atomic E-state index is -0.832. The largest absolute Gasteiger partial charge is 0.496 e. The maximum Gasteiger partial charge on any atom is 0.435 e. The molecule has 0 aliphatic carbocycles. The van der Waals surface area contributed by atoms with Crippen LogP contribution in [0.2, 0.25) is 0 Å². The van der Waals surface area contributed by atoms with Crippen LogP contribution in [0.15, 0.2) is 48.7 Å². The summed E-state index contributed by atoms with van der Waals surface area (Å²) in [7, 11) is 2.56. The molecule has 0 bridgehead atoms. The van der Waals surface area contributed by atoms with E-state index in [0.717, 1.165) is 17.9 Å². The molecular formula is C26H23F2N3O5. The zero-order valence-corrected chi connectivity index (χ0v) is 20.3. The van der Waals surface area contributed by atoms with Crippen LogP contribution in [0.5, 0.6) is 5.75 Å². The van der Waals surface area contributed by atoms with E-state index < -0.39 is 29.3 Å². The Labute approximate surface area is 205 Å². The van der Waals surface area contributed by atoms with Crippen LogP contribution in [0, 0.1) is 11.6 Å². The van der Waals surface area contributed by atoms with Crippen molar-refractivity contribution >= 4 is 23.0 Å². The molecule has 0 unspecified atom stereocenters. The van der Waals surface area contributed by atoms with Crippen molar-refractivity contribution in [3.63, 3.8) is 0 Å². The molecule has 2 heterocycles. The van der Waals surface area contributed by atoms with Gasteiger partial charge < -0.3 is 14.2 Å². The van der Waals surface area contributed by atoms with Gasteiger partial charge in [-0.15, -0.1) is 0 Å². The number of ether oxygens (including phenoxy) is 3. The van der Waals surface area contributed by atoms with Gasteiger partial charge in [0.05, 0.1) is 42.8 Å². The topological polar surface area (TPSA) is 92.5 Å². The summed E-state index contributed by atoms with van der Waals surface area (Å²) < 4.78 is 45.9. The van der Waals surface area contributed by atoms with E-state index in [-0.39, 0.29) is 39.3 Å². The molecule has 4 rings (SSSR count). The zero-order chi connectivity index (χ0) is 26.2. The molecule has 0 N–H and O–H groups in total. The molecule has 8 nitrogen and oxygen atoms in total. The van der Waals surface area contributed by atoms with Gasteiger partial charge >= 0.3 is 12.1 Å². The Hall–Kier alpha value is -4.34. The summed E-state index contributed by atoms with van der Waals surface area (Å²) in [6.45, 7) is 5.12. The number of benzene rings is 2. The number of aromatic nitrogens is 3. The fourth-order valence-electron chi connectivity index (χ4n) is 3.67. The molecule has 0 radical (unpaired) electrons. The van der Waals surface area contributed by atoms with E-state index in [4.69, 9.17) is 9.47 Å². The van der Waals surface area contributed by atoms with E-state index >= 15 is 0 Å². The number of rotatable bonds is 4. The van der Waals surface area contributed by atoms with Gasteiger partial charge in [-0.3, -0.25) is 4.98 Å². The molecule has 0 spiro atoms. The number of halogens is 2. The molecule has 10 heteroatoms. The van der Waals surface area contributed by atoms with E-state index in [9.17, 15) is 18.4 Å². The first-order valence-corrected chi connectivity index (χ1v) is 10.9. The summed E-state index contributed by atoms with van der Waals surface area (Å²) in [5.41, 5.74) is -0.00159. The molecule has 0 aliphatic heterocycles. The molecule has 0 saturated carbocycles. The molecule has 0 atom stereocenters. The van der Waals surface area contributed by atoms with Crippen LogP contribution in [0.25, 0.3) is 33.4 Å². The average Bonchev–Trinajstić information content (AvgIpc) is 3.21. The van der Waals surface area contributed by atoms with Gasteiger partial charge in [-0.2, -0.15) is 9.78 Å². The number of methoxy groups -OCH3 is 2. The first kappa shape index (κ1) is 24.8. The van der Waals surface area contributed by atoms with E-state index in [1.807, 2.05) is 0 Å². The number of carbonyl (C=O) groups excluding carboxylic acids is 2. The van der Waals surface area contributed by atoms with Crippen LogP contribution in [-0.4, -0.2) is 46.6 Å². The third-order valence-corrected chi connectivity index (χ3v) is 5.23. The lowest BCUT2D eigenvalue weighted by Gasteiger charge is -2.19. The van der Waals surface area contributed by atoms with E-state index in [2.05, 4.69) is 14.8 Å². The number of hydrogen-bond donors (Lipinski definition) is 0. The average molecular weight is 495 g/mol. The molecule has 36 heavy (non-hydrogen) atoms. The second-order valence-electron chi connectivity index (χ2n) is 8.83. The van der Waals surface area contributed by atoms with Crippen molar-refractivity contribution in [2.24, 2.45) is 0 Å². The fourth-order valence-corrected chi connectivity index (χ4v) is 3.67. The molecule has 0 fully saturated rings. The Morgan fingerprint density at radius 2 is 1.75 bits per heavy atom. The minimum Gasteiger partial charge on any atom is -0.496 e. The second kappa shape index (κ2) is 9.37. The highest BCUT2D eigenvalue weighted by Gasteiger charge is 2.25. The summed E-state index contributed by atoms with van der Waals surface area (Å²) in [5.74, 6) is -1.96. The predicted octanol–water partition coefficient (Wildman–Crippen LogP) is 5.62. The van der Waals surface area contributed by atoms with Gasteiger partial charge in [0.2, 0.25) is 0 Å². The third-order valence-electron chi connectivity index (χ3n) is 5.23. The van der Waals surface area contributed by atoms with Crippen molar-refractivity contribution < 1.29 is 32.6 Å². The highest BCUT2D eigenvalue weighted by molar-refractivity contribution is 5.99. The van der Waals surface area contributed by atoms with Crippen molar-refractivity contribution in [3.8, 4) is 28.3 Å². The van der Waals surface area contributed by atoms with Gasteiger partial charge in [-0.1, -0.05) is 12.1 Å². The molecule has 2 aromatic carbocycles. The van der Waals surface area contributed by atoms with Crippen LogP contribution in [-0.2, 0) is 9.47 Å². The molecule has 0 amide bonds. The first-order chi connectivity index (χ1) is 17.0. The van der Waals surface area contributed by atoms with Crippen molar-refractivity contribution in [1.29, 1.82) is 0 Å². The van der Waals surface area contributed by atoms with Crippen LogP contribution in [0.1, 0.15) is 31.1 Å². The smallest absolute Gasteiger partial charge is 0.435 e. The SMILES string of the molecule is COC(=O)c1ccc(-c2nn(C(=O)OC(C)(C)C)c3cnc(-c4c(F)cccc4OC)cc23)cc1F. The van der Waals surface area contributed by atoms with Gasteiger partial charge in [-0.25, -0.2) is 18.4 Å². The van der Waals surface area contributed by atoms with Gasteiger partial charge in [0.25, 0.3) is 0 Å². The fraction of sp³-hybridized carbons (Fsp3) is 0.231. The Morgan fingerprint density at radius 3 is 2.39 bits per heavy atom. The molecule has 2 aromatic heterocycles. The standard InChI is InChI=1S/C26H23F2N3O5/c1-26(2,3)36-25(33)31-20-13-29-19(22-17(27)7-6-8-21(22)34-4)12-16(20)23(30-31)14-9-10-15(18(28)11-14)24(32)35-5/h6-13H,1-5H3. The molecule has 0 saturated heterocycles. The van der Waals surface area contributed by atoms with Crippen LogP contribution >= 0.6 is 0 Å². The summed E-state index contributed by atoms with van der Waals surface area (Å²) in [6, 6.07) is 9.75. The van der Waals surface area contributed by atoms with Crippen molar-refractivity contribution in [1.82, 2.24) is 14.8 Å². The van der Waals surface area contributed by atoms with Crippen molar-refractivity contribution in [3.05, 3.63) is 65.9 Å². The monoisotopic (exact) mass is 495 g/mol. The maximum absolute atomic E-state index is 14.8. The number of carbonyl (C=O) groups is 2. The molecular weight excluding hydrogens is 472 g/mol. The predicted molar refractivity (Wildman–Crippen MR) is 128 cm³/mol. The molecule has 0 aliphatic rings. The van der Waals surface area contributed by atoms with Gasteiger partial charge in [0.15, 0.2) is 0 Å². The number of hydrogen-bond acceptors (Lipinski definition) is 7. The maximum atomic E-state index is 14.8. The summed E-state index contributed by atoms with van der Waals surface area (Å²) in [5, 5.41) is 4.75. The normalized spacial score (nSPS) is 11.4. The van der Waals surface area contributed by atoms with E-state index in [1.54, 1.807) is 26.8 Å². The summed E-state index contributed by atoms with van der Waals surface area (Å²) in [4.78, 5) is 29.1. The second-order valence-corrected chi connectivity index (χ2v) is 8.83. The lowest BCUT2D eigenvalue weighted by atomic mass is 10.0. The highest BCUT2D eigenvalue weighted by atomic mass is 19.1. The molecule has 4 aromatic rings. The van der Waals surface area contributed by atoms with E-state index in [0.29, 0.717) is 5.39 Å². The highest BCUT2D eigenvalue weighted by Crippen LogP contribution is 2.36. The minimum absolute atomic E-state index is 0.116. The third kappa shape index (κ3) is 4.61. The Balaban J connectivity index is 1.96. The van der Waals surface area contributed by atoms with Crippen LogP contribution in [0.3, 0.4) is 0 Å². The van der Waals surface area contributed by atoms with Crippen molar-refractivity contribution in [2.75, 3.05) is 14.2 Å². The number of fused-ring (bicyclic) bond motifs is 1. The van der Waals surface area contributed by atoms with Gasteiger partial charge in [0, 0.05) is 10.9 Å². The molecule has 186 valence electrons. The first-order valence-electron chi connectivity index (χ1n) is 10.9. The summed E-state index contributed by atoms with van der Waals surface area (Å²) in [6.07, 6.45) is 0.583. The number of pyridine rings is 1. The number of esters is 1. The van der Waals surface area contributed by atoms with Crippen LogP contribution in [0.4, 0.5) is 13.6 Å². The van der Waals surface area contributed by atoms with Crippen molar-refractivity contribution in [2.45, 2.75) is 26.4 Å². The lowest BCUT2D eigenvalue weighted by molar-refractivity contribution is 0.0521. The van der Waals surface area contributed by atoms with Crippen LogP contribution < -0.4 is 4.74 Å². The van der Waals surface area contributed by atoms with E-state index in [1.165, 1.54) is 43.6 Å². The Bertz CT molecular complexity index is 1490. The van der Waals surface area contributed by atoms with Gasteiger partial charge in [-0.05, 0) is 51.1 Å². The van der Waals surface area contributed by atoms with Gasteiger partial charge in [0.1, 0.15) is 28.7 Å².